The molecule has 0 aromatic heterocycles. The minimum atomic E-state index is 0.156. The Morgan fingerprint density at radius 2 is 1.56 bits per heavy atom. The molecule has 0 aromatic carbocycles. The largest absolute Gasteiger partial charge is 0.484 e. The molecule has 0 spiro atoms. The molecule has 1 aliphatic carbocycles. The Labute approximate surface area is 103 Å². The Morgan fingerprint density at radius 1 is 1.00 bits per heavy atom. The van der Waals surface area contributed by atoms with Gasteiger partial charge in [0.15, 0.2) is 0 Å². The van der Waals surface area contributed by atoms with Crippen molar-refractivity contribution in [2.75, 3.05) is 0 Å². The highest BCUT2D eigenvalue weighted by atomic mass is 31.0. The second-order valence-corrected chi connectivity index (χ2v) is 6.86. The number of hydrogen-bond acceptors (Lipinski definition) is 1. The first-order valence-corrected chi connectivity index (χ1v) is 6.45. The van der Waals surface area contributed by atoms with Gasteiger partial charge < -0.3 is 4.52 Å². The van der Waals surface area contributed by atoms with Gasteiger partial charge in [-0.05, 0) is 22.8 Å². The zero-order valence-electron chi connectivity index (χ0n) is 11.5. The molecule has 1 atom stereocenters. The van der Waals surface area contributed by atoms with Crippen LogP contribution >= 0.6 is 9.47 Å². The summed E-state index contributed by atoms with van der Waals surface area (Å²) in [6.45, 7) is 13.6. The van der Waals surface area contributed by atoms with Gasteiger partial charge in [-0.3, -0.25) is 0 Å². The highest BCUT2D eigenvalue weighted by Gasteiger charge is 2.27. The summed E-state index contributed by atoms with van der Waals surface area (Å²) in [5.41, 5.74) is 3.30. The maximum Gasteiger partial charge on any atom is 0.103 e. The van der Waals surface area contributed by atoms with E-state index >= 15 is 0 Å². The summed E-state index contributed by atoms with van der Waals surface area (Å²) < 4.78 is 5.44. The molecule has 0 radical (unpaired) electrons. The van der Waals surface area contributed by atoms with Crippen LogP contribution < -0.4 is 0 Å². The molecule has 16 heavy (non-hydrogen) atoms. The van der Waals surface area contributed by atoms with Crippen molar-refractivity contribution in [3.8, 4) is 0 Å². The van der Waals surface area contributed by atoms with Crippen LogP contribution in [-0.4, -0.2) is 0 Å². The van der Waals surface area contributed by atoms with E-state index < -0.39 is 0 Å². The average Bonchev–Trinajstić information content (AvgIpc) is 2.14. The minimum Gasteiger partial charge on any atom is -0.484 e. The average molecular weight is 240 g/mol. The van der Waals surface area contributed by atoms with Gasteiger partial charge in [-0.1, -0.05) is 53.2 Å². The molecular formula is C14H25OP. The smallest absolute Gasteiger partial charge is 0.103 e. The summed E-state index contributed by atoms with van der Waals surface area (Å²) in [5.74, 6) is 1.13. The van der Waals surface area contributed by atoms with Crippen molar-refractivity contribution >= 4 is 9.47 Å². The summed E-state index contributed by atoms with van der Waals surface area (Å²) in [4.78, 5) is 0. The lowest BCUT2D eigenvalue weighted by Crippen LogP contribution is -2.19. The SMILES string of the molecule is CC(C)(C)C1=CC(C(C)(C)C)=C(OP)CC1. The fourth-order valence-electron chi connectivity index (χ4n) is 2.06. The Kier molecular flexibility index (Phi) is 3.90. The quantitative estimate of drug-likeness (QED) is 0.595. The molecule has 1 unspecified atom stereocenters. The second kappa shape index (κ2) is 4.53. The van der Waals surface area contributed by atoms with E-state index in [2.05, 4.69) is 57.1 Å². The Hall–Kier alpha value is -0.290. The summed E-state index contributed by atoms with van der Waals surface area (Å²) in [7, 11) is 2.38. The molecular weight excluding hydrogens is 215 g/mol. The van der Waals surface area contributed by atoms with E-state index in [-0.39, 0.29) is 10.8 Å². The molecule has 1 aliphatic rings. The van der Waals surface area contributed by atoms with E-state index in [0.29, 0.717) is 0 Å². The van der Waals surface area contributed by atoms with Crippen LogP contribution in [-0.2, 0) is 4.52 Å². The van der Waals surface area contributed by atoms with Crippen LogP contribution in [0, 0.1) is 10.8 Å². The first kappa shape index (κ1) is 13.8. The van der Waals surface area contributed by atoms with Gasteiger partial charge in [-0.2, -0.15) is 0 Å². The van der Waals surface area contributed by atoms with Crippen LogP contribution in [0.1, 0.15) is 54.4 Å². The summed E-state index contributed by atoms with van der Waals surface area (Å²) in [6.07, 6.45) is 4.49. The third-order valence-electron chi connectivity index (χ3n) is 3.15. The Balaban J connectivity index is 3.17. The molecule has 0 saturated carbocycles. The van der Waals surface area contributed by atoms with Crippen molar-refractivity contribution in [3.63, 3.8) is 0 Å². The zero-order chi connectivity index (χ0) is 12.6. The van der Waals surface area contributed by atoms with E-state index in [1.165, 1.54) is 11.1 Å². The van der Waals surface area contributed by atoms with Gasteiger partial charge >= 0.3 is 0 Å². The summed E-state index contributed by atoms with van der Waals surface area (Å²) in [5, 5.41) is 0. The maximum atomic E-state index is 5.44. The number of allylic oxidation sites excluding steroid dienone is 4. The lowest BCUT2D eigenvalue weighted by atomic mass is 9.75. The van der Waals surface area contributed by atoms with Gasteiger partial charge in [-0.25, -0.2) is 0 Å². The summed E-state index contributed by atoms with van der Waals surface area (Å²) in [6, 6.07) is 0. The van der Waals surface area contributed by atoms with Crippen molar-refractivity contribution < 1.29 is 4.52 Å². The van der Waals surface area contributed by atoms with E-state index in [0.717, 1.165) is 18.6 Å². The van der Waals surface area contributed by atoms with Crippen LogP contribution in [0.4, 0.5) is 0 Å². The van der Waals surface area contributed by atoms with E-state index in [1.54, 1.807) is 0 Å². The Bertz CT molecular complexity index is 324. The van der Waals surface area contributed by atoms with Crippen LogP contribution in [0.3, 0.4) is 0 Å². The molecule has 0 bridgehead atoms. The molecule has 2 heteroatoms. The molecule has 0 aliphatic heterocycles. The van der Waals surface area contributed by atoms with Crippen molar-refractivity contribution in [2.24, 2.45) is 10.8 Å². The van der Waals surface area contributed by atoms with Crippen molar-refractivity contribution in [1.29, 1.82) is 0 Å². The van der Waals surface area contributed by atoms with Gasteiger partial charge in [0.25, 0.3) is 0 Å². The predicted molar refractivity (Wildman–Crippen MR) is 74.0 cm³/mol. The first-order valence-electron chi connectivity index (χ1n) is 5.97. The lowest BCUT2D eigenvalue weighted by molar-refractivity contribution is 0.391. The molecule has 0 saturated heterocycles. The topological polar surface area (TPSA) is 9.23 Å². The fourth-order valence-corrected chi connectivity index (χ4v) is 2.30. The monoisotopic (exact) mass is 240 g/mol. The normalized spacial score (nSPS) is 18.6. The lowest BCUT2D eigenvalue weighted by Gasteiger charge is -2.32. The van der Waals surface area contributed by atoms with Gasteiger partial charge in [0.2, 0.25) is 0 Å². The third-order valence-corrected chi connectivity index (χ3v) is 3.44. The van der Waals surface area contributed by atoms with E-state index in [1.807, 2.05) is 0 Å². The standard InChI is InChI=1S/C14H25OP/c1-13(2,3)10-7-8-12(15-16)11(9-10)14(4,5)6/h9H,7-8,16H2,1-6H3. The van der Waals surface area contributed by atoms with Gasteiger partial charge in [0.05, 0.1) is 9.47 Å². The van der Waals surface area contributed by atoms with Crippen molar-refractivity contribution in [2.45, 2.75) is 54.4 Å². The molecule has 92 valence electrons. The molecule has 1 nitrogen and oxygen atoms in total. The van der Waals surface area contributed by atoms with Crippen molar-refractivity contribution in [3.05, 3.63) is 23.0 Å². The number of rotatable bonds is 1. The highest BCUT2D eigenvalue weighted by Crippen LogP contribution is 2.41. The highest BCUT2D eigenvalue weighted by molar-refractivity contribution is 7.10. The van der Waals surface area contributed by atoms with E-state index in [4.69, 9.17) is 4.52 Å². The van der Waals surface area contributed by atoms with Crippen LogP contribution in [0.2, 0.25) is 0 Å². The van der Waals surface area contributed by atoms with Gasteiger partial charge in [0.1, 0.15) is 5.76 Å². The van der Waals surface area contributed by atoms with Crippen LogP contribution in [0.15, 0.2) is 23.0 Å². The predicted octanol–water partition coefficient (Wildman–Crippen LogP) is 4.86. The fraction of sp³-hybridized carbons (Fsp3) is 0.714. The molecule has 0 aromatic rings. The van der Waals surface area contributed by atoms with Crippen LogP contribution in [0.25, 0.3) is 0 Å². The minimum absolute atomic E-state index is 0.156. The molecule has 1 rings (SSSR count). The molecule has 0 heterocycles. The van der Waals surface area contributed by atoms with Crippen molar-refractivity contribution in [1.82, 2.24) is 0 Å². The van der Waals surface area contributed by atoms with Gasteiger partial charge in [0, 0.05) is 6.42 Å². The molecule has 0 N–H and O–H groups in total. The number of hydrogen-bond donors (Lipinski definition) is 0. The Morgan fingerprint density at radius 3 is 1.94 bits per heavy atom. The van der Waals surface area contributed by atoms with Crippen LogP contribution in [0.5, 0.6) is 0 Å². The van der Waals surface area contributed by atoms with E-state index in [9.17, 15) is 0 Å². The zero-order valence-corrected chi connectivity index (χ0v) is 12.6. The third kappa shape index (κ3) is 3.10. The summed E-state index contributed by atoms with van der Waals surface area (Å²) >= 11 is 0. The first-order chi connectivity index (χ1) is 7.16. The molecule has 0 fully saturated rings. The molecule has 0 amide bonds. The second-order valence-electron chi connectivity index (χ2n) is 6.62. The van der Waals surface area contributed by atoms with Gasteiger partial charge in [-0.15, -0.1) is 0 Å². The maximum absolute atomic E-state index is 5.44.